The molecule has 0 radical (unpaired) electrons. The molecule has 3 heteroatoms. The molecule has 1 rings (SSSR count). The van der Waals surface area contributed by atoms with Crippen LogP contribution < -0.4 is 0 Å². The van der Waals surface area contributed by atoms with Crippen LogP contribution in [0.5, 0.6) is 0 Å². The van der Waals surface area contributed by atoms with Crippen molar-refractivity contribution >= 4 is 33.0 Å². The summed E-state index contributed by atoms with van der Waals surface area (Å²) in [5.41, 5.74) is 0.901. The predicted octanol–water partition coefficient (Wildman–Crippen LogP) is 4.58. The van der Waals surface area contributed by atoms with E-state index in [1.54, 1.807) is 11.3 Å². The van der Waals surface area contributed by atoms with Crippen molar-refractivity contribution in [3.63, 3.8) is 0 Å². The van der Waals surface area contributed by atoms with Crippen molar-refractivity contribution in [2.75, 3.05) is 0 Å². The summed E-state index contributed by atoms with van der Waals surface area (Å²) in [5.74, 6) is 0.290. The van der Waals surface area contributed by atoms with Crippen LogP contribution in [0.4, 0.5) is 0 Å². The quantitative estimate of drug-likeness (QED) is 0.567. The number of unbranched alkanes of at least 4 members (excludes halogenated alkanes) is 2. The Morgan fingerprint density at radius 3 is 2.71 bits per heavy atom. The Morgan fingerprint density at radius 2 is 2.21 bits per heavy atom. The second kappa shape index (κ2) is 5.66. The predicted molar refractivity (Wildman–Crippen MR) is 65.2 cm³/mol. The van der Waals surface area contributed by atoms with E-state index >= 15 is 0 Å². The van der Waals surface area contributed by atoms with Gasteiger partial charge in [0.1, 0.15) is 0 Å². The van der Waals surface area contributed by atoms with E-state index in [-0.39, 0.29) is 5.78 Å². The number of rotatable bonds is 5. The van der Waals surface area contributed by atoms with E-state index in [0.717, 1.165) is 27.1 Å². The highest BCUT2D eigenvalue weighted by Gasteiger charge is 2.11. The Hall–Kier alpha value is -0.150. The normalized spacial score (nSPS) is 10.5. The lowest BCUT2D eigenvalue weighted by Gasteiger charge is -1.98. The van der Waals surface area contributed by atoms with Gasteiger partial charge in [0.25, 0.3) is 0 Å². The standard InChI is InChI=1S/C11H15BrOS/c1-3-4-5-6-10(13)9-7-11(12)14-8(9)2/h7H,3-6H2,1-2H3. The lowest BCUT2D eigenvalue weighted by atomic mass is 10.1. The molecule has 1 aromatic rings. The van der Waals surface area contributed by atoms with Crippen LogP contribution in [0.1, 0.15) is 47.8 Å². The average Bonchev–Trinajstić information content (AvgIpc) is 2.45. The molecule has 0 aromatic carbocycles. The van der Waals surface area contributed by atoms with Crippen molar-refractivity contribution in [2.45, 2.75) is 39.5 Å². The third-order valence-electron chi connectivity index (χ3n) is 2.20. The first-order valence-electron chi connectivity index (χ1n) is 4.94. The van der Waals surface area contributed by atoms with E-state index in [2.05, 4.69) is 22.9 Å². The van der Waals surface area contributed by atoms with Crippen LogP contribution in [0.3, 0.4) is 0 Å². The van der Waals surface area contributed by atoms with Crippen molar-refractivity contribution in [3.8, 4) is 0 Å². The molecule has 0 aliphatic heterocycles. The third kappa shape index (κ3) is 3.21. The van der Waals surface area contributed by atoms with Crippen LogP contribution in [-0.4, -0.2) is 5.78 Å². The highest BCUT2D eigenvalue weighted by atomic mass is 79.9. The zero-order chi connectivity index (χ0) is 10.6. The van der Waals surface area contributed by atoms with Gasteiger partial charge < -0.3 is 0 Å². The van der Waals surface area contributed by atoms with Crippen molar-refractivity contribution in [2.24, 2.45) is 0 Å². The van der Waals surface area contributed by atoms with E-state index in [1.807, 2.05) is 13.0 Å². The molecule has 1 heterocycles. The van der Waals surface area contributed by atoms with E-state index in [4.69, 9.17) is 0 Å². The van der Waals surface area contributed by atoms with Crippen LogP contribution in [-0.2, 0) is 0 Å². The van der Waals surface area contributed by atoms with Gasteiger partial charge in [0.05, 0.1) is 3.79 Å². The largest absolute Gasteiger partial charge is 0.294 e. The van der Waals surface area contributed by atoms with Gasteiger partial charge in [0.15, 0.2) is 5.78 Å². The van der Waals surface area contributed by atoms with Gasteiger partial charge in [-0.25, -0.2) is 0 Å². The minimum Gasteiger partial charge on any atom is -0.294 e. The Balaban J connectivity index is 2.56. The molecule has 1 aromatic heterocycles. The first kappa shape index (κ1) is 11.9. The third-order valence-corrected chi connectivity index (χ3v) is 3.75. The fourth-order valence-electron chi connectivity index (χ4n) is 1.39. The summed E-state index contributed by atoms with van der Waals surface area (Å²) in [6.45, 7) is 4.15. The molecule has 0 saturated heterocycles. The lowest BCUT2D eigenvalue weighted by Crippen LogP contribution is -1.98. The van der Waals surface area contributed by atoms with Gasteiger partial charge in [-0.05, 0) is 35.3 Å². The molecule has 0 unspecified atom stereocenters. The van der Waals surface area contributed by atoms with E-state index in [1.165, 1.54) is 6.42 Å². The molecule has 0 aliphatic rings. The summed E-state index contributed by atoms with van der Waals surface area (Å²) >= 11 is 5.03. The molecule has 14 heavy (non-hydrogen) atoms. The van der Waals surface area contributed by atoms with Crippen molar-refractivity contribution in [1.29, 1.82) is 0 Å². The Labute approximate surface area is 97.7 Å². The first-order valence-corrected chi connectivity index (χ1v) is 6.55. The molecule has 0 spiro atoms. The maximum Gasteiger partial charge on any atom is 0.164 e. The van der Waals surface area contributed by atoms with Gasteiger partial charge in [0, 0.05) is 16.9 Å². The van der Waals surface area contributed by atoms with Crippen molar-refractivity contribution in [1.82, 2.24) is 0 Å². The van der Waals surface area contributed by atoms with Crippen LogP contribution in [0, 0.1) is 6.92 Å². The number of aryl methyl sites for hydroxylation is 1. The highest BCUT2D eigenvalue weighted by molar-refractivity contribution is 9.11. The number of carbonyl (C=O) groups is 1. The first-order chi connectivity index (χ1) is 6.65. The van der Waals surface area contributed by atoms with Crippen LogP contribution in [0.15, 0.2) is 9.85 Å². The van der Waals surface area contributed by atoms with Crippen LogP contribution in [0.2, 0.25) is 0 Å². The van der Waals surface area contributed by atoms with Gasteiger partial charge in [-0.15, -0.1) is 11.3 Å². The molecule has 78 valence electrons. The number of carbonyl (C=O) groups excluding carboxylic acids is 1. The Kier molecular flexibility index (Phi) is 4.82. The molecule has 0 amide bonds. The van der Waals surface area contributed by atoms with Gasteiger partial charge in [-0.2, -0.15) is 0 Å². The molecule has 0 N–H and O–H groups in total. The summed E-state index contributed by atoms with van der Waals surface area (Å²) in [5, 5.41) is 0. The van der Waals surface area contributed by atoms with E-state index in [0.29, 0.717) is 6.42 Å². The summed E-state index contributed by atoms with van der Waals surface area (Å²) in [4.78, 5) is 12.9. The number of thiophene rings is 1. The molecule has 0 atom stereocenters. The fraction of sp³-hybridized carbons (Fsp3) is 0.545. The maximum absolute atomic E-state index is 11.7. The minimum absolute atomic E-state index is 0.290. The highest BCUT2D eigenvalue weighted by Crippen LogP contribution is 2.27. The molecule has 1 nitrogen and oxygen atoms in total. The average molecular weight is 275 g/mol. The van der Waals surface area contributed by atoms with E-state index in [9.17, 15) is 4.79 Å². The minimum atomic E-state index is 0.290. The number of Topliss-reactive ketones (excluding diaryl/α,β-unsaturated/α-hetero) is 1. The van der Waals surface area contributed by atoms with Crippen LogP contribution in [0.25, 0.3) is 0 Å². The zero-order valence-electron chi connectivity index (χ0n) is 8.60. The van der Waals surface area contributed by atoms with Gasteiger partial charge in [0.2, 0.25) is 0 Å². The Bertz CT molecular complexity index is 317. The maximum atomic E-state index is 11.7. The number of hydrogen-bond donors (Lipinski definition) is 0. The summed E-state index contributed by atoms with van der Waals surface area (Å²) in [7, 11) is 0. The van der Waals surface area contributed by atoms with Gasteiger partial charge >= 0.3 is 0 Å². The number of ketones is 1. The lowest BCUT2D eigenvalue weighted by molar-refractivity contribution is 0.0979. The zero-order valence-corrected chi connectivity index (χ0v) is 11.0. The molecule has 0 saturated carbocycles. The monoisotopic (exact) mass is 274 g/mol. The summed E-state index contributed by atoms with van der Waals surface area (Å²) < 4.78 is 1.05. The molecule has 0 aliphatic carbocycles. The second-order valence-corrected chi connectivity index (χ2v) is 6.04. The number of halogens is 1. The molecule has 0 bridgehead atoms. The Morgan fingerprint density at radius 1 is 1.50 bits per heavy atom. The van der Waals surface area contributed by atoms with Crippen LogP contribution >= 0.6 is 27.3 Å². The second-order valence-electron chi connectivity index (χ2n) is 3.40. The van der Waals surface area contributed by atoms with E-state index < -0.39 is 0 Å². The SMILES string of the molecule is CCCCCC(=O)c1cc(Br)sc1C. The summed E-state index contributed by atoms with van der Waals surface area (Å²) in [6.07, 6.45) is 4.02. The number of hydrogen-bond acceptors (Lipinski definition) is 2. The molecular formula is C11H15BrOS. The molecule has 0 fully saturated rings. The molecular weight excluding hydrogens is 260 g/mol. The fourth-order valence-corrected chi connectivity index (χ4v) is 3.10. The summed E-state index contributed by atoms with van der Waals surface area (Å²) in [6, 6.07) is 1.94. The smallest absolute Gasteiger partial charge is 0.164 e. The topological polar surface area (TPSA) is 17.1 Å². The van der Waals surface area contributed by atoms with Crippen molar-refractivity contribution in [3.05, 3.63) is 20.3 Å². The van der Waals surface area contributed by atoms with Crippen molar-refractivity contribution < 1.29 is 4.79 Å². The van der Waals surface area contributed by atoms with Gasteiger partial charge in [-0.3, -0.25) is 4.79 Å². The van der Waals surface area contributed by atoms with Gasteiger partial charge in [-0.1, -0.05) is 19.8 Å².